The first-order valence-electron chi connectivity index (χ1n) is 6.90. The molecule has 0 amide bonds. The summed E-state index contributed by atoms with van der Waals surface area (Å²) in [6.45, 7) is 1.61. The zero-order valence-electron chi connectivity index (χ0n) is 11.6. The molecule has 2 aromatic rings. The van der Waals surface area contributed by atoms with Crippen LogP contribution in [0.1, 0.15) is 17.9 Å². The summed E-state index contributed by atoms with van der Waals surface area (Å²) in [6.07, 6.45) is 2.79. The molecule has 20 heavy (non-hydrogen) atoms. The van der Waals surface area contributed by atoms with E-state index in [0.717, 1.165) is 24.5 Å². The molecule has 3 rings (SSSR count). The van der Waals surface area contributed by atoms with Crippen molar-refractivity contribution in [3.8, 4) is 5.75 Å². The van der Waals surface area contributed by atoms with Crippen LogP contribution in [0, 0.1) is 0 Å². The van der Waals surface area contributed by atoms with Gasteiger partial charge in [0.1, 0.15) is 0 Å². The molecule has 1 atom stereocenters. The van der Waals surface area contributed by atoms with Gasteiger partial charge >= 0.3 is 0 Å². The Morgan fingerprint density at radius 3 is 2.95 bits per heavy atom. The van der Waals surface area contributed by atoms with E-state index in [1.807, 2.05) is 12.1 Å². The van der Waals surface area contributed by atoms with Gasteiger partial charge in [-0.15, -0.1) is 0 Å². The first kappa shape index (κ1) is 12.9. The van der Waals surface area contributed by atoms with E-state index >= 15 is 0 Å². The Morgan fingerprint density at radius 1 is 1.30 bits per heavy atom. The Labute approximate surface area is 119 Å². The van der Waals surface area contributed by atoms with Gasteiger partial charge in [0.05, 0.1) is 7.11 Å². The van der Waals surface area contributed by atoms with Crippen LogP contribution in [0.15, 0.2) is 42.6 Å². The van der Waals surface area contributed by atoms with E-state index in [-0.39, 0.29) is 0 Å². The highest BCUT2D eigenvalue weighted by Gasteiger charge is 2.30. The van der Waals surface area contributed by atoms with Gasteiger partial charge in [-0.05, 0) is 36.7 Å². The second-order valence-corrected chi connectivity index (χ2v) is 4.97. The Hall–Kier alpha value is -2.07. The summed E-state index contributed by atoms with van der Waals surface area (Å²) >= 11 is 0. The fourth-order valence-electron chi connectivity index (χ4n) is 2.89. The van der Waals surface area contributed by atoms with Crippen LogP contribution >= 0.6 is 0 Å². The number of benzene rings is 1. The number of fused-ring (bicyclic) bond motifs is 1. The second-order valence-electron chi connectivity index (χ2n) is 4.97. The smallest absolute Gasteiger partial charge is 0.175 e. The van der Waals surface area contributed by atoms with Crippen molar-refractivity contribution in [3.63, 3.8) is 0 Å². The monoisotopic (exact) mass is 269 g/mol. The standard InChI is InChI=1S/C16H19N3O/c1-20-15-7-4-10-18-16(15)19-11-12(8-9-17)13-5-2-3-6-14(13)19/h2-7,10,12H,8-9,11,17H2,1H3. The third kappa shape index (κ3) is 2.12. The summed E-state index contributed by atoms with van der Waals surface area (Å²) in [5.41, 5.74) is 8.31. The van der Waals surface area contributed by atoms with Crippen LogP contribution in [0.25, 0.3) is 0 Å². The molecule has 2 heterocycles. The molecule has 0 saturated heterocycles. The third-order valence-corrected chi connectivity index (χ3v) is 3.81. The number of methoxy groups -OCH3 is 1. The molecule has 1 aromatic heterocycles. The molecule has 0 spiro atoms. The van der Waals surface area contributed by atoms with Gasteiger partial charge in [-0.2, -0.15) is 0 Å². The van der Waals surface area contributed by atoms with Crippen molar-refractivity contribution in [2.75, 3.05) is 25.1 Å². The molecule has 2 N–H and O–H groups in total. The minimum Gasteiger partial charge on any atom is -0.493 e. The topological polar surface area (TPSA) is 51.4 Å². The fourth-order valence-corrected chi connectivity index (χ4v) is 2.89. The lowest BCUT2D eigenvalue weighted by Gasteiger charge is -2.21. The van der Waals surface area contributed by atoms with Gasteiger partial charge in [0.25, 0.3) is 0 Å². The summed E-state index contributed by atoms with van der Waals surface area (Å²) < 4.78 is 5.44. The largest absolute Gasteiger partial charge is 0.493 e. The van der Waals surface area contributed by atoms with Crippen molar-refractivity contribution in [2.24, 2.45) is 5.73 Å². The summed E-state index contributed by atoms with van der Waals surface area (Å²) in [5.74, 6) is 2.14. The molecule has 1 aromatic carbocycles. The van der Waals surface area contributed by atoms with Crippen LogP contribution in [0.5, 0.6) is 5.75 Å². The van der Waals surface area contributed by atoms with Crippen LogP contribution in [-0.4, -0.2) is 25.2 Å². The van der Waals surface area contributed by atoms with Crippen LogP contribution < -0.4 is 15.4 Å². The number of hydrogen-bond acceptors (Lipinski definition) is 4. The van der Waals surface area contributed by atoms with E-state index in [0.29, 0.717) is 12.5 Å². The first-order valence-corrected chi connectivity index (χ1v) is 6.90. The van der Waals surface area contributed by atoms with Crippen LogP contribution in [0.4, 0.5) is 11.5 Å². The fraction of sp³-hybridized carbons (Fsp3) is 0.312. The summed E-state index contributed by atoms with van der Waals surface area (Å²) in [5, 5.41) is 0. The highest BCUT2D eigenvalue weighted by Crippen LogP contribution is 2.43. The number of pyridine rings is 1. The zero-order chi connectivity index (χ0) is 13.9. The van der Waals surface area contributed by atoms with Crippen molar-refractivity contribution in [3.05, 3.63) is 48.2 Å². The second kappa shape index (κ2) is 5.51. The maximum Gasteiger partial charge on any atom is 0.175 e. The molecule has 0 fully saturated rings. The summed E-state index contributed by atoms with van der Waals surface area (Å²) in [7, 11) is 1.68. The third-order valence-electron chi connectivity index (χ3n) is 3.81. The maximum atomic E-state index is 5.75. The van der Waals surface area contributed by atoms with E-state index < -0.39 is 0 Å². The molecule has 0 saturated carbocycles. The quantitative estimate of drug-likeness (QED) is 0.927. The SMILES string of the molecule is COc1cccnc1N1CC(CCN)c2ccccc21. The van der Waals surface area contributed by atoms with Crippen LogP contribution in [0.2, 0.25) is 0 Å². The van der Waals surface area contributed by atoms with E-state index in [9.17, 15) is 0 Å². The average Bonchev–Trinajstić information content (AvgIpc) is 2.87. The Bertz CT molecular complexity index is 600. The van der Waals surface area contributed by atoms with Gasteiger partial charge in [0.2, 0.25) is 0 Å². The Balaban J connectivity index is 2.03. The van der Waals surface area contributed by atoms with Crippen LogP contribution in [-0.2, 0) is 0 Å². The molecule has 1 aliphatic rings. The summed E-state index contributed by atoms with van der Waals surface area (Å²) in [6, 6.07) is 12.3. The molecule has 4 nitrogen and oxygen atoms in total. The number of nitrogens with two attached hydrogens (primary N) is 1. The maximum absolute atomic E-state index is 5.75. The van der Waals surface area contributed by atoms with Crippen molar-refractivity contribution in [1.29, 1.82) is 0 Å². The van der Waals surface area contributed by atoms with Crippen molar-refractivity contribution >= 4 is 11.5 Å². The van der Waals surface area contributed by atoms with Gasteiger partial charge in [-0.3, -0.25) is 0 Å². The Kier molecular flexibility index (Phi) is 3.56. The number of ether oxygens (including phenoxy) is 1. The Morgan fingerprint density at radius 2 is 2.15 bits per heavy atom. The van der Waals surface area contributed by atoms with Gasteiger partial charge in [-0.1, -0.05) is 18.2 Å². The lowest BCUT2D eigenvalue weighted by atomic mass is 9.98. The van der Waals surface area contributed by atoms with Gasteiger partial charge in [0.15, 0.2) is 11.6 Å². The minimum atomic E-state index is 0.461. The molecule has 0 bridgehead atoms. The molecule has 1 unspecified atom stereocenters. The lowest BCUT2D eigenvalue weighted by molar-refractivity contribution is 0.413. The zero-order valence-corrected chi connectivity index (χ0v) is 11.6. The van der Waals surface area contributed by atoms with Crippen molar-refractivity contribution in [1.82, 2.24) is 4.98 Å². The lowest BCUT2D eigenvalue weighted by Crippen LogP contribution is -2.19. The number of rotatable bonds is 4. The predicted octanol–water partition coefficient (Wildman–Crippen LogP) is 2.67. The van der Waals surface area contributed by atoms with Crippen molar-refractivity contribution < 1.29 is 4.74 Å². The predicted molar refractivity (Wildman–Crippen MR) is 80.6 cm³/mol. The summed E-state index contributed by atoms with van der Waals surface area (Å²) in [4.78, 5) is 6.73. The van der Waals surface area contributed by atoms with E-state index in [1.165, 1.54) is 11.3 Å². The highest BCUT2D eigenvalue weighted by atomic mass is 16.5. The van der Waals surface area contributed by atoms with Gasteiger partial charge in [0, 0.05) is 24.3 Å². The number of hydrogen-bond donors (Lipinski definition) is 1. The minimum absolute atomic E-state index is 0.461. The van der Waals surface area contributed by atoms with Crippen molar-refractivity contribution in [2.45, 2.75) is 12.3 Å². The number of anilines is 2. The van der Waals surface area contributed by atoms with E-state index in [4.69, 9.17) is 10.5 Å². The molecule has 4 heteroatoms. The van der Waals surface area contributed by atoms with Gasteiger partial charge in [-0.25, -0.2) is 4.98 Å². The number of nitrogens with zero attached hydrogens (tertiary/aromatic N) is 2. The number of aromatic nitrogens is 1. The van der Waals surface area contributed by atoms with E-state index in [1.54, 1.807) is 13.3 Å². The van der Waals surface area contributed by atoms with Crippen LogP contribution in [0.3, 0.4) is 0 Å². The molecular weight excluding hydrogens is 250 g/mol. The first-order chi connectivity index (χ1) is 9.85. The average molecular weight is 269 g/mol. The molecule has 0 aliphatic carbocycles. The van der Waals surface area contributed by atoms with Gasteiger partial charge < -0.3 is 15.4 Å². The molecular formula is C16H19N3O. The normalized spacial score (nSPS) is 17.1. The van der Waals surface area contributed by atoms with E-state index in [2.05, 4.69) is 34.1 Å². The highest BCUT2D eigenvalue weighted by molar-refractivity contribution is 5.72. The molecule has 0 radical (unpaired) electrons. The molecule has 1 aliphatic heterocycles. The number of para-hydroxylation sites is 1. The molecule has 104 valence electrons.